The molecule has 0 aliphatic carbocycles. The lowest BCUT2D eigenvalue weighted by atomic mass is 10.2. The summed E-state index contributed by atoms with van der Waals surface area (Å²) in [6.45, 7) is 1.06. The summed E-state index contributed by atoms with van der Waals surface area (Å²) in [4.78, 5) is 10.4. The van der Waals surface area contributed by atoms with Gasteiger partial charge >= 0.3 is 0 Å². The second-order valence-corrected chi connectivity index (χ2v) is 6.98. The second-order valence-electron chi connectivity index (χ2n) is 4.76. The average Bonchev–Trinajstić information content (AvgIpc) is 2.74. The van der Waals surface area contributed by atoms with E-state index in [4.69, 9.17) is 0 Å². The van der Waals surface area contributed by atoms with Crippen LogP contribution < -0.4 is 10.6 Å². The number of hydrogen-bond donors (Lipinski definition) is 2. The standard InChI is InChI=1S/C12H17N3O4S/c16-15(17)12-4-2-1-3-11(12)14-7-6-13-10-5-8-20(18,19)9-10/h1-4,10,13-14H,5-9H2/t10-/m1/s1. The summed E-state index contributed by atoms with van der Waals surface area (Å²) in [5, 5.41) is 16.9. The van der Waals surface area contributed by atoms with E-state index in [9.17, 15) is 18.5 Å². The first-order valence-electron chi connectivity index (χ1n) is 6.39. The number of hydrogen-bond acceptors (Lipinski definition) is 6. The highest BCUT2D eigenvalue weighted by atomic mass is 32.2. The molecule has 0 bridgehead atoms. The van der Waals surface area contributed by atoms with Crippen LogP contribution in [0.2, 0.25) is 0 Å². The minimum Gasteiger partial charge on any atom is -0.378 e. The number of sulfone groups is 1. The van der Waals surface area contributed by atoms with Crippen LogP contribution in [0.3, 0.4) is 0 Å². The summed E-state index contributed by atoms with van der Waals surface area (Å²) in [7, 11) is -2.87. The van der Waals surface area contributed by atoms with Crippen molar-refractivity contribution in [3.8, 4) is 0 Å². The number of nitrogens with one attached hydrogen (secondary N) is 2. The molecule has 1 atom stereocenters. The van der Waals surface area contributed by atoms with Crippen LogP contribution >= 0.6 is 0 Å². The molecule has 0 unspecified atom stereocenters. The molecule has 2 N–H and O–H groups in total. The van der Waals surface area contributed by atoms with Crippen molar-refractivity contribution in [1.82, 2.24) is 5.32 Å². The van der Waals surface area contributed by atoms with Gasteiger partial charge in [-0.1, -0.05) is 12.1 Å². The first-order valence-corrected chi connectivity index (χ1v) is 8.21. The van der Waals surface area contributed by atoms with E-state index in [1.165, 1.54) is 6.07 Å². The van der Waals surface area contributed by atoms with Gasteiger partial charge in [-0.25, -0.2) is 8.42 Å². The van der Waals surface area contributed by atoms with Gasteiger partial charge in [-0.15, -0.1) is 0 Å². The fraction of sp³-hybridized carbons (Fsp3) is 0.500. The molecule has 1 aromatic rings. The third kappa shape index (κ3) is 3.91. The summed E-state index contributed by atoms with van der Waals surface area (Å²) in [5.41, 5.74) is 0.509. The maximum Gasteiger partial charge on any atom is 0.292 e. The fourth-order valence-corrected chi connectivity index (χ4v) is 3.92. The molecule has 110 valence electrons. The number of rotatable bonds is 6. The number of anilines is 1. The van der Waals surface area contributed by atoms with Gasteiger partial charge in [0.1, 0.15) is 5.69 Å². The van der Waals surface area contributed by atoms with Gasteiger partial charge in [0, 0.05) is 25.2 Å². The Morgan fingerprint density at radius 1 is 1.30 bits per heavy atom. The third-order valence-corrected chi connectivity index (χ3v) is 4.97. The Hall–Kier alpha value is -1.67. The average molecular weight is 299 g/mol. The Labute approximate surface area is 117 Å². The summed E-state index contributed by atoms with van der Waals surface area (Å²) >= 11 is 0. The molecule has 20 heavy (non-hydrogen) atoms. The quantitative estimate of drug-likeness (QED) is 0.457. The molecule has 0 radical (unpaired) electrons. The topological polar surface area (TPSA) is 101 Å². The van der Waals surface area contributed by atoms with E-state index in [-0.39, 0.29) is 23.2 Å². The fourth-order valence-electron chi connectivity index (χ4n) is 2.21. The molecule has 1 aliphatic heterocycles. The minimum absolute atomic E-state index is 0.00689. The third-order valence-electron chi connectivity index (χ3n) is 3.21. The first kappa shape index (κ1) is 14.7. The molecule has 0 aromatic heterocycles. The maximum absolute atomic E-state index is 11.3. The molecule has 7 nitrogen and oxygen atoms in total. The van der Waals surface area contributed by atoms with Crippen molar-refractivity contribution in [2.24, 2.45) is 0 Å². The van der Waals surface area contributed by atoms with Gasteiger partial charge in [0.15, 0.2) is 9.84 Å². The molecule has 1 aliphatic rings. The van der Waals surface area contributed by atoms with Crippen molar-refractivity contribution in [3.05, 3.63) is 34.4 Å². The van der Waals surface area contributed by atoms with Gasteiger partial charge in [0.2, 0.25) is 0 Å². The molecule has 2 rings (SSSR count). The number of benzene rings is 1. The smallest absolute Gasteiger partial charge is 0.292 e. The molecule has 1 heterocycles. The Morgan fingerprint density at radius 2 is 2.05 bits per heavy atom. The summed E-state index contributed by atoms with van der Waals surface area (Å²) in [5.74, 6) is 0.417. The summed E-state index contributed by atoms with van der Waals surface area (Å²) in [6, 6.07) is 6.43. The van der Waals surface area contributed by atoms with Gasteiger partial charge in [0.05, 0.1) is 16.4 Å². The molecular weight excluding hydrogens is 282 g/mol. The van der Waals surface area contributed by atoms with E-state index in [0.717, 1.165) is 0 Å². The van der Waals surface area contributed by atoms with E-state index in [0.29, 0.717) is 25.2 Å². The zero-order valence-corrected chi connectivity index (χ0v) is 11.7. The molecule has 1 saturated heterocycles. The van der Waals surface area contributed by atoms with E-state index in [2.05, 4.69) is 10.6 Å². The van der Waals surface area contributed by atoms with Gasteiger partial charge in [0.25, 0.3) is 5.69 Å². The van der Waals surface area contributed by atoms with E-state index in [1.807, 2.05) is 0 Å². The molecule has 0 spiro atoms. The minimum atomic E-state index is -2.87. The van der Waals surface area contributed by atoms with Crippen LogP contribution in [0.1, 0.15) is 6.42 Å². The summed E-state index contributed by atoms with van der Waals surface area (Å²) in [6.07, 6.45) is 0.633. The van der Waals surface area contributed by atoms with Crippen molar-refractivity contribution >= 4 is 21.2 Å². The number of para-hydroxylation sites is 2. The highest BCUT2D eigenvalue weighted by Crippen LogP contribution is 2.22. The molecule has 0 saturated carbocycles. The second kappa shape index (κ2) is 6.19. The van der Waals surface area contributed by atoms with Crippen molar-refractivity contribution in [3.63, 3.8) is 0 Å². The van der Waals surface area contributed by atoms with Crippen LogP contribution in [0.25, 0.3) is 0 Å². The zero-order chi connectivity index (χ0) is 14.6. The molecule has 0 amide bonds. The lowest BCUT2D eigenvalue weighted by Crippen LogP contribution is -2.33. The Balaban J connectivity index is 1.78. The van der Waals surface area contributed by atoms with Crippen molar-refractivity contribution in [2.75, 3.05) is 29.9 Å². The zero-order valence-electron chi connectivity index (χ0n) is 10.9. The van der Waals surface area contributed by atoms with E-state index < -0.39 is 14.8 Å². The lowest BCUT2D eigenvalue weighted by molar-refractivity contribution is -0.384. The Kier molecular flexibility index (Phi) is 4.56. The largest absolute Gasteiger partial charge is 0.378 e. The molecule has 8 heteroatoms. The highest BCUT2D eigenvalue weighted by Gasteiger charge is 2.27. The highest BCUT2D eigenvalue weighted by molar-refractivity contribution is 7.91. The van der Waals surface area contributed by atoms with E-state index >= 15 is 0 Å². The Bertz CT molecular complexity index is 588. The van der Waals surface area contributed by atoms with E-state index in [1.54, 1.807) is 18.2 Å². The normalized spacial score (nSPS) is 20.7. The van der Waals surface area contributed by atoms with Gasteiger partial charge in [-0.3, -0.25) is 10.1 Å². The Morgan fingerprint density at radius 3 is 2.70 bits per heavy atom. The number of nitro groups is 1. The van der Waals surface area contributed by atoms with Crippen molar-refractivity contribution < 1.29 is 13.3 Å². The van der Waals surface area contributed by atoms with Crippen molar-refractivity contribution in [2.45, 2.75) is 12.5 Å². The number of nitrogens with zero attached hydrogens (tertiary/aromatic N) is 1. The SMILES string of the molecule is O=[N+]([O-])c1ccccc1NCCN[C@@H]1CCS(=O)(=O)C1. The predicted molar refractivity (Wildman–Crippen MR) is 76.6 cm³/mol. The monoisotopic (exact) mass is 299 g/mol. The lowest BCUT2D eigenvalue weighted by Gasteiger charge is -2.11. The number of nitro benzene ring substituents is 1. The maximum atomic E-state index is 11.3. The van der Waals surface area contributed by atoms with Crippen LogP contribution in [0.4, 0.5) is 11.4 Å². The van der Waals surface area contributed by atoms with Gasteiger partial charge in [-0.05, 0) is 12.5 Å². The summed E-state index contributed by atoms with van der Waals surface area (Å²) < 4.78 is 22.6. The predicted octanol–water partition coefficient (Wildman–Crippen LogP) is 0.783. The molecular formula is C12H17N3O4S. The molecule has 1 aromatic carbocycles. The first-order chi connectivity index (χ1) is 9.48. The van der Waals surface area contributed by atoms with Crippen LogP contribution in [0.15, 0.2) is 24.3 Å². The van der Waals surface area contributed by atoms with Gasteiger partial charge < -0.3 is 10.6 Å². The van der Waals surface area contributed by atoms with Crippen molar-refractivity contribution in [1.29, 1.82) is 0 Å². The van der Waals surface area contributed by atoms with Crippen LogP contribution in [0, 0.1) is 10.1 Å². The molecule has 1 fully saturated rings. The van der Waals surface area contributed by atoms with Crippen LogP contribution in [-0.2, 0) is 9.84 Å². The van der Waals surface area contributed by atoms with Crippen LogP contribution in [0.5, 0.6) is 0 Å². The van der Waals surface area contributed by atoms with Crippen LogP contribution in [-0.4, -0.2) is 44.0 Å². The van der Waals surface area contributed by atoms with Gasteiger partial charge in [-0.2, -0.15) is 0 Å².